The summed E-state index contributed by atoms with van der Waals surface area (Å²) in [4.78, 5) is 10.4. The molecule has 96 valence electrons. The van der Waals surface area contributed by atoms with Crippen LogP contribution in [0.25, 0.3) is 17.0 Å². The number of allylic oxidation sites excluding steroid dienone is 1. The molecular formula is C15H16N4. The molecule has 4 heteroatoms. The molecule has 0 aliphatic heterocycles. The zero-order valence-corrected chi connectivity index (χ0v) is 10.8. The Labute approximate surface area is 111 Å². The number of H-pyrrole nitrogens is 2. The van der Waals surface area contributed by atoms with E-state index < -0.39 is 0 Å². The van der Waals surface area contributed by atoms with Gasteiger partial charge in [-0.3, -0.25) is 0 Å². The molecule has 0 radical (unpaired) electrons. The lowest BCUT2D eigenvalue weighted by molar-refractivity contribution is 1.12. The predicted octanol–water partition coefficient (Wildman–Crippen LogP) is 3.10. The minimum absolute atomic E-state index is 0.463. The highest BCUT2D eigenvalue weighted by molar-refractivity contribution is 5.85. The van der Waals surface area contributed by atoms with Crippen molar-refractivity contribution in [2.45, 2.75) is 13.3 Å². The molecule has 2 aromatic heterocycles. The average Bonchev–Trinajstić information content (AvgIpc) is 2.97. The van der Waals surface area contributed by atoms with Crippen molar-refractivity contribution in [3.63, 3.8) is 0 Å². The van der Waals surface area contributed by atoms with Gasteiger partial charge in [-0.15, -0.1) is 0 Å². The number of hydrogen-bond acceptors (Lipinski definition) is 2. The lowest BCUT2D eigenvalue weighted by Crippen LogP contribution is -1.89. The summed E-state index contributed by atoms with van der Waals surface area (Å²) in [6.45, 7) is 2.02. The van der Waals surface area contributed by atoms with E-state index in [0.29, 0.717) is 5.95 Å². The number of nitrogens with two attached hydrogens (primary N) is 1. The quantitative estimate of drug-likeness (QED) is 0.670. The highest BCUT2D eigenvalue weighted by Crippen LogP contribution is 2.22. The van der Waals surface area contributed by atoms with Crippen LogP contribution >= 0.6 is 0 Å². The summed E-state index contributed by atoms with van der Waals surface area (Å²) >= 11 is 0. The number of fused-ring (bicyclic) bond motifs is 1. The Balaban J connectivity index is 1.96. The number of hydrogen-bond donors (Lipinski definition) is 3. The summed E-state index contributed by atoms with van der Waals surface area (Å²) in [5.41, 5.74) is 10.2. The van der Waals surface area contributed by atoms with Gasteiger partial charge in [0, 0.05) is 29.2 Å². The van der Waals surface area contributed by atoms with Crippen molar-refractivity contribution >= 4 is 22.9 Å². The van der Waals surface area contributed by atoms with E-state index in [1.54, 1.807) is 6.20 Å². The predicted molar refractivity (Wildman–Crippen MR) is 78.8 cm³/mol. The van der Waals surface area contributed by atoms with Crippen LogP contribution in [0.4, 0.5) is 5.95 Å². The molecule has 1 aromatic carbocycles. The molecule has 0 atom stereocenters. The smallest absolute Gasteiger partial charge is 0.197 e. The standard InChI is InChI=1S/C15H16N4/c1-2-3-10-4-5-13-11(8-17-14(13)6-10)7-12-9-18-15(16)19-12/h2-6,8-9,17H,7H2,1H3,(H3,16,18,19). The zero-order valence-electron chi connectivity index (χ0n) is 10.8. The van der Waals surface area contributed by atoms with E-state index in [1.165, 1.54) is 16.5 Å². The van der Waals surface area contributed by atoms with Crippen LogP contribution in [0.3, 0.4) is 0 Å². The molecule has 4 nitrogen and oxygen atoms in total. The number of aromatic nitrogens is 3. The van der Waals surface area contributed by atoms with Crippen LogP contribution < -0.4 is 5.73 Å². The lowest BCUT2D eigenvalue weighted by Gasteiger charge is -1.98. The van der Waals surface area contributed by atoms with Gasteiger partial charge in [0.25, 0.3) is 0 Å². The van der Waals surface area contributed by atoms with E-state index in [-0.39, 0.29) is 0 Å². The van der Waals surface area contributed by atoms with Crippen molar-refractivity contribution in [1.82, 2.24) is 15.0 Å². The Bertz CT molecular complexity index is 734. The Morgan fingerprint density at radius 2 is 2.26 bits per heavy atom. The minimum atomic E-state index is 0.463. The second kappa shape index (κ2) is 4.65. The summed E-state index contributed by atoms with van der Waals surface area (Å²) in [5.74, 6) is 0.463. The number of benzene rings is 1. The zero-order chi connectivity index (χ0) is 13.2. The number of nitrogens with zero attached hydrogens (tertiary/aromatic N) is 1. The summed E-state index contributed by atoms with van der Waals surface area (Å²) in [6, 6.07) is 6.43. The monoisotopic (exact) mass is 252 g/mol. The van der Waals surface area contributed by atoms with E-state index in [4.69, 9.17) is 5.73 Å². The van der Waals surface area contributed by atoms with Crippen molar-refractivity contribution in [3.05, 3.63) is 53.5 Å². The fourth-order valence-electron chi connectivity index (χ4n) is 2.32. The Kier molecular flexibility index (Phi) is 2.83. The van der Waals surface area contributed by atoms with Crippen LogP contribution in [0.15, 0.2) is 36.7 Å². The highest BCUT2D eigenvalue weighted by Gasteiger charge is 2.06. The SMILES string of the molecule is CC=Cc1ccc2c(Cc3cnc(N)[nH]3)c[nH]c2c1. The fourth-order valence-corrected chi connectivity index (χ4v) is 2.32. The molecule has 0 spiro atoms. The molecule has 0 saturated carbocycles. The van der Waals surface area contributed by atoms with Crippen LogP contribution in [-0.2, 0) is 6.42 Å². The molecule has 0 saturated heterocycles. The molecule has 2 heterocycles. The number of anilines is 1. The fraction of sp³-hybridized carbons (Fsp3) is 0.133. The molecule has 0 amide bonds. The average molecular weight is 252 g/mol. The van der Waals surface area contributed by atoms with Gasteiger partial charge in [-0.1, -0.05) is 24.3 Å². The van der Waals surface area contributed by atoms with Gasteiger partial charge in [0.1, 0.15) is 0 Å². The van der Waals surface area contributed by atoms with E-state index in [0.717, 1.165) is 17.6 Å². The van der Waals surface area contributed by atoms with Crippen LogP contribution in [-0.4, -0.2) is 15.0 Å². The second-order valence-corrected chi connectivity index (χ2v) is 4.59. The number of rotatable bonds is 3. The summed E-state index contributed by atoms with van der Waals surface area (Å²) in [6.07, 6.45) is 8.75. The third-order valence-corrected chi connectivity index (χ3v) is 3.18. The van der Waals surface area contributed by atoms with Crippen LogP contribution in [0.5, 0.6) is 0 Å². The van der Waals surface area contributed by atoms with Gasteiger partial charge in [0.2, 0.25) is 0 Å². The molecular weight excluding hydrogens is 236 g/mol. The van der Waals surface area contributed by atoms with Gasteiger partial charge >= 0.3 is 0 Å². The van der Waals surface area contributed by atoms with Crippen molar-refractivity contribution in [3.8, 4) is 0 Å². The van der Waals surface area contributed by atoms with Crippen molar-refractivity contribution in [2.75, 3.05) is 5.73 Å². The minimum Gasteiger partial charge on any atom is -0.369 e. The molecule has 0 bridgehead atoms. The van der Waals surface area contributed by atoms with Crippen molar-refractivity contribution in [1.29, 1.82) is 0 Å². The van der Waals surface area contributed by atoms with Gasteiger partial charge in [0.15, 0.2) is 5.95 Å². The van der Waals surface area contributed by atoms with E-state index in [9.17, 15) is 0 Å². The van der Waals surface area contributed by atoms with Gasteiger partial charge in [-0.25, -0.2) is 4.98 Å². The number of imidazole rings is 1. The molecule has 0 aliphatic rings. The first-order valence-corrected chi connectivity index (χ1v) is 6.28. The maximum absolute atomic E-state index is 5.59. The Morgan fingerprint density at radius 3 is 3.00 bits per heavy atom. The topological polar surface area (TPSA) is 70.5 Å². The van der Waals surface area contributed by atoms with Crippen LogP contribution in [0, 0.1) is 0 Å². The molecule has 3 rings (SSSR count). The molecule has 0 fully saturated rings. The first kappa shape index (κ1) is 11.6. The summed E-state index contributed by atoms with van der Waals surface area (Å²) in [7, 11) is 0. The largest absolute Gasteiger partial charge is 0.369 e. The second-order valence-electron chi connectivity index (χ2n) is 4.59. The normalized spacial score (nSPS) is 11.6. The molecule has 0 unspecified atom stereocenters. The first-order chi connectivity index (χ1) is 9.26. The first-order valence-electron chi connectivity index (χ1n) is 6.28. The van der Waals surface area contributed by atoms with Crippen molar-refractivity contribution < 1.29 is 0 Å². The summed E-state index contributed by atoms with van der Waals surface area (Å²) < 4.78 is 0. The molecule has 0 aliphatic carbocycles. The van der Waals surface area contributed by atoms with Gasteiger partial charge in [0.05, 0.1) is 6.20 Å². The Hall–Kier alpha value is -2.49. The maximum Gasteiger partial charge on any atom is 0.197 e. The van der Waals surface area contributed by atoms with Gasteiger partial charge < -0.3 is 15.7 Å². The Morgan fingerprint density at radius 1 is 1.37 bits per heavy atom. The molecule has 3 aromatic rings. The molecule has 4 N–H and O–H groups in total. The van der Waals surface area contributed by atoms with Crippen LogP contribution in [0.2, 0.25) is 0 Å². The maximum atomic E-state index is 5.59. The number of aromatic amines is 2. The third-order valence-electron chi connectivity index (χ3n) is 3.18. The number of nitrogens with one attached hydrogen (secondary N) is 2. The summed E-state index contributed by atoms with van der Waals surface area (Å²) in [5, 5.41) is 1.24. The van der Waals surface area contributed by atoms with Gasteiger partial charge in [-0.2, -0.15) is 0 Å². The highest BCUT2D eigenvalue weighted by atomic mass is 15.0. The van der Waals surface area contributed by atoms with Crippen molar-refractivity contribution in [2.24, 2.45) is 0 Å². The van der Waals surface area contributed by atoms with Gasteiger partial charge in [-0.05, 0) is 24.1 Å². The van der Waals surface area contributed by atoms with E-state index in [1.807, 2.05) is 19.2 Å². The molecule has 19 heavy (non-hydrogen) atoms. The van der Waals surface area contributed by atoms with E-state index in [2.05, 4.69) is 39.2 Å². The third kappa shape index (κ3) is 2.25. The number of nitrogen functional groups attached to an aromatic ring is 1. The van der Waals surface area contributed by atoms with E-state index >= 15 is 0 Å². The van der Waals surface area contributed by atoms with Crippen LogP contribution in [0.1, 0.15) is 23.7 Å². The lowest BCUT2D eigenvalue weighted by atomic mass is 10.1.